The summed E-state index contributed by atoms with van der Waals surface area (Å²) in [6.45, 7) is 5.05. The van der Waals surface area contributed by atoms with Crippen LogP contribution in [-0.4, -0.2) is 51.2 Å². The smallest absolute Gasteiger partial charge is 0.255 e. The molecule has 2 aromatic carbocycles. The van der Waals surface area contributed by atoms with E-state index in [1.54, 1.807) is 23.1 Å². The van der Waals surface area contributed by atoms with Crippen LogP contribution in [0, 0.1) is 0 Å². The van der Waals surface area contributed by atoms with Crippen molar-refractivity contribution in [1.29, 1.82) is 0 Å². The minimum atomic E-state index is -0.325. The molecule has 1 N–H and O–H groups in total. The quantitative estimate of drug-likeness (QED) is 0.859. The first-order chi connectivity index (χ1) is 13.7. The number of hydrogen-bond acceptors (Lipinski definition) is 5. The molecule has 0 saturated heterocycles. The Hall–Kier alpha value is -3.22. The molecule has 2 aromatic rings. The maximum absolute atomic E-state index is 12.9. The standard InChI is InChI=1S/C21H23N3O4/c1-2-27-17-8-4-3-6-15(17)21(26)22-14-19(25)24-11-10-23-12-13-28-18-9-5-7-16(24)20(18)23/h3-9H,2,10-14H2,1H3,(H,22,26). The maximum atomic E-state index is 12.9. The number of para-hydroxylation sites is 2. The second kappa shape index (κ2) is 7.80. The normalized spacial score (nSPS) is 14.8. The molecule has 146 valence electrons. The second-order valence-electron chi connectivity index (χ2n) is 6.62. The highest BCUT2D eigenvalue weighted by molar-refractivity contribution is 6.04. The molecule has 0 unspecified atom stereocenters. The van der Waals surface area contributed by atoms with Gasteiger partial charge in [0.25, 0.3) is 5.91 Å². The molecule has 0 radical (unpaired) electrons. The van der Waals surface area contributed by atoms with Crippen LogP contribution in [0.25, 0.3) is 0 Å². The predicted octanol–water partition coefficient (Wildman–Crippen LogP) is 2.06. The van der Waals surface area contributed by atoms with E-state index >= 15 is 0 Å². The lowest BCUT2D eigenvalue weighted by atomic mass is 10.1. The van der Waals surface area contributed by atoms with Gasteiger partial charge in [-0.2, -0.15) is 0 Å². The van der Waals surface area contributed by atoms with Crippen molar-refractivity contribution in [2.24, 2.45) is 0 Å². The first-order valence-corrected chi connectivity index (χ1v) is 9.50. The van der Waals surface area contributed by atoms with Crippen molar-refractivity contribution in [2.75, 3.05) is 49.2 Å². The van der Waals surface area contributed by atoms with Gasteiger partial charge in [-0.05, 0) is 31.2 Å². The average molecular weight is 381 g/mol. The van der Waals surface area contributed by atoms with E-state index in [-0.39, 0.29) is 18.4 Å². The predicted molar refractivity (Wildman–Crippen MR) is 106 cm³/mol. The Bertz CT molecular complexity index is 899. The summed E-state index contributed by atoms with van der Waals surface area (Å²) in [5.74, 6) is 0.837. The fourth-order valence-electron chi connectivity index (χ4n) is 3.65. The third-order valence-corrected chi connectivity index (χ3v) is 4.93. The minimum absolute atomic E-state index is 0.0795. The van der Waals surface area contributed by atoms with Crippen LogP contribution in [0.4, 0.5) is 11.4 Å². The molecule has 2 aliphatic rings. The SMILES string of the molecule is CCOc1ccccc1C(=O)NCC(=O)N1CCN2CCOc3cccc1c32. The summed E-state index contributed by atoms with van der Waals surface area (Å²) in [6, 6.07) is 12.8. The van der Waals surface area contributed by atoms with E-state index in [0.717, 1.165) is 30.2 Å². The van der Waals surface area contributed by atoms with E-state index in [1.807, 2.05) is 31.2 Å². The number of rotatable bonds is 5. The third kappa shape index (κ3) is 3.35. The van der Waals surface area contributed by atoms with Crippen LogP contribution in [0.15, 0.2) is 42.5 Å². The fraction of sp³-hybridized carbons (Fsp3) is 0.333. The molecule has 7 heteroatoms. The molecule has 0 fully saturated rings. The van der Waals surface area contributed by atoms with E-state index in [9.17, 15) is 9.59 Å². The summed E-state index contributed by atoms with van der Waals surface area (Å²) in [5.41, 5.74) is 2.21. The van der Waals surface area contributed by atoms with E-state index in [4.69, 9.17) is 9.47 Å². The Labute approximate surface area is 163 Å². The van der Waals surface area contributed by atoms with Gasteiger partial charge in [0, 0.05) is 13.1 Å². The molecule has 0 spiro atoms. The Balaban J connectivity index is 1.47. The Kier molecular flexibility index (Phi) is 5.06. The molecule has 0 atom stereocenters. The molecule has 0 aromatic heterocycles. The monoisotopic (exact) mass is 381 g/mol. The zero-order chi connectivity index (χ0) is 19.5. The number of hydrogen-bond donors (Lipinski definition) is 1. The molecule has 2 heterocycles. The van der Waals surface area contributed by atoms with Crippen molar-refractivity contribution in [3.8, 4) is 11.5 Å². The zero-order valence-corrected chi connectivity index (χ0v) is 15.8. The van der Waals surface area contributed by atoms with Crippen LogP contribution in [0.3, 0.4) is 0 Å². The summed E-state index contributed by atoms with van der Waals surface area (Å²) in [4.78, 5) is 29.4. The van der Waals surface area contributed by atoms with Crippen LogP contribution >= 0.6 is 0 Å². The lowest BCUT2D eigenvalue weighted by Gasteiger charge is -2.41. The molecule has 0 bridgehead atoms. The van der Waals surface area contributed by atoms with E-state index in [2.05, 4.69) is 10.2 Å². The van der Waals surface area contributed by atoms with Gasteiger partial charge in [-0.3, -0.25) is 9.59 Å². The highest BCUT2D eigenvalue weighted by Gasteiger charge is 2.31. The largest absolute Gasteiger partial charge is 0.493 e. The number of carbonyl (C=O) groups excluding carboxylic acids is 2. The van der Waals surface area contributed by atoms with Crippen molar-refractivity contribution < 1.29 is 19.1 Å². The highest BCUT2D eigenvalue weighted by Crippen LogP contribution is 2.42. The Morgan fingerprint density at radius 1 is 1.11 bits per heavy atom. The van der Waals surface area contributed by atoms with Crippen LogP contribution in [0.1, 0.15) is 17.3 Å². The number of carbonyl (C=O) groups is 2. The van der Waals surface area contributed by atoms with Gasteiger partial charge in [-0.25, -0.2) is 0 Å². The molecule has 2 amide bonds. The molecular formula is C21H23N3O4. The molecule has 28 heavy (non-hydrogen) atoms. The lowest BCUT2D eigenvalue weighted by Crippen LogP contribution is -2.49. The summed E-state index contributed by atoms with van der Waals surface area (Å²) in [7, 11) is 0. The van der Waals surface area contributed by atoms with Crippen molar-refractivity contribution >= 4 is 23.2 Å². The van der Waals surface area contributed by atoms with E-state index in [1.165, 1.54) is 0 Å². The maximum Gasteiger partial charge on any atom is 0.255 e. The fourth-order valence-corrected chi connectivity index (χ4v) is 3.65. The summed E-state index contributed by atoms with van der Waals surface area (Å²) < 4.78 is 11.2. The van der Waals surface area contributed by atoms with Crippen molar-refractivity contribution in [2.45, 2.75) is 6.92 Å². The number of amides is 2. The zero-order valence-electron chi connectivity index (χ0n) is 15.8. The summed E-state index contributed by atoms with van der Waals surface area (Å²) >= 11 is 0. The Morgan fingerprint density at radius 3 is 2.82 bits per heavy atom. The first kappa shape index (κ1) is 18.2. The van der Waals surface area contributed by atoms with Gasteiger partial charge in [0.05, 0.1) is 30.9 Å². The van der Waals surface area contributed by atoms with Crippen LogP contribution in [0.2, 0.25) is 0 Å². The van der Waals surface area contributed by atoms with Gasteiger partial charge in [0.15, 0.2) is 0 Å². The molecule has 2 aliphatic heterocycles. The second-order valence-corrected chi connectivity index (χ2v) is 6.62. The molecule has 7 nitrogen and oxygen atoms in total. The summed E-state index contributed by atoms with van der Waals surface area (Å²) in [5, 5.41) is 2.72. The number of nitrogens with one attached hydrogen (secondary N) is 1. The van der Waals surface area contributed by atoms with Gasteiger partial charge in [-0.1, -0.05) is 18.2 Å². The minimum Gasteiger partial charge on any atom is -0.493 e. The highest BCUT2D eigenvalue weighted by atomic mass is 16.5. The van der Waals surface area contributed by atoms with Crippen molar-refractivity contribution in [3.05, 3.63) is 48.0 Å². The van der Waals surface area contributed by atoms with E-state index in [0.29, 0.717) is 31.1 Å². The first-order valence-electron chi connectivity index (χ1n) is 9.50. The van der Waals surface area contributed by atoms with Crippen LogP contribution in [0.5, 0.6) is 11.5 Å². The van der Waals surface area contributed by atoms with Crippen LogP contribution < -0.4 is 24.6 Å². The number of nitrogens with zero attached hydrogens (tertiary/aromatic N) is 2. The van der Waals surface area contributed by atoms with Gasteiger partial charge in [0.1, 0.15) is 23.8 Å². The van der Waals surface area contributed by atoms with Crippen LogP contribution in [-0.2, 0) is 4.79 Å². The van der Waals surface area contributed by atoms with Gasteiger partial charge in [-0.15, -0.1) is 0 Å². The number of ether oxygens (including phenoxy) is 2. The molecule has 0 aliphatic carbocycles. The Morgan fingerprint density at radius 2 is 1.96 bits per heavy atom. The van der Waals surface area contributed by atoms with E-state index < -0.39 is 0 Å². The van der Waals surface area contributed by atoms with Gasteiger partial charge in [0.2, 0.25) is 5.91 Å². The summed E-state index contributed by atoms with van der Waals surface area (Å²) in [6.07, 6.45) is 0. The number of benzene rings is 2. The molecule has 0 saturated carbocycles. The third-order valence-electron chi connectivity index (χ3n) is 4.93. The average Bonchev–Trinajstić information content (AvgIpc) is 2.73. The number of anilines is 2. The molecular weight excluding hydrogens is 358 g/mol. The van der Waals surface area contributed by atoms with Gasteiger partial charge >= 0.3 is 0 Å². The van der Waals surface area contributed by atoms with Crippen molar-refractivity contribution in [1.82, 2.24) is 5.32 Å². The van der Waals surface area contributed by atoms with Crippen molar-refractivity contribution in [3.63, 3.8) is 0 Å². The lowest BCUT2D eigenvalue weighted by molar-refractivity contribution is -0.117. The topological polar surface area (TPSA) is 71.1 Å². The molecule has 4 rings (SSSR count). The van der Waals surface area contributed by atoms with Gasteiger partial charge < -0.3 is 24.6 Å².